The average molecular weight is 1380 g/mol. The molecule has 5 amide bonds. The largest absolute Gasteiger partial charge is 0.446 e. The van der Waals surface area contributed by atoms with Crippen LogP contribution in [0.2, 0.25) is 0 Å². The quantitative estimate of drug-likeness (QED) is 0.0374. The van der Waals surface area contributed by atoms with Crippen molar-refractivity contribution in [3.05, 3.63) is 190 Å². The minimum Gasteiger partial charge on any atom is -0.446 e. The first kappa shape index (κ1) is 73.3. The fourth-order valence-electron chi connectivity index (χ4n) is 14.1. The van der Waals surface area contributed by atoms with E-state index in [0.29, 0.717) is 107 Å². The molecule has 0 saturated carbocycles. The molecule has 0 unspecified atom stereocenters. The van der Waals surface area contributed by atoms with E-state index in [1.807, 2.05) is 112 Å². The van der Waals surface area contributed by atoms with E-state index in [9.17, 15) is 54.7 Å². The highest BCUT2D eigenvalue weighted by molar-refractivity contribution is 5.96. The molecule has 1 spiro atoms. The molecule has 6 aromatic rings. The molecule has 10 rings (SSSR count). The van der Waals surface area contributed by atoms with E-state index >= 15 is 0 Å². The van der Waals surface area contributed by atoms with Gasteiger partial charge in [0.2, 0.25) is 11.8 Å². The Morgan fingerprint density at radius 3 is 2.01 bits per heavy atom. The van der Waals surface area contributed by atoms with Crippen LogP contribution in [0.4, 0.5) is 46.9 Å². The highest BCUT2D eigenvalue weighted by Gasteiger charge is 2.50. The molecule has 16 nitrogen and oxygen atoms in total. The van der Waals surface area contributed by atoms with Crippen molar-refractivity contribution in [1.29, 1.82) is 0 Å². The second-order valence-corrected chi connectivity index (χ2v) is 26.9. The molecule has 0 aromatic heterocycles. The van der Waals surface area contributed by atoms with Crippen molar-refractivity contribution < 1.29 is 68.9 Å². The van der Waals surface area contributed by atoms with Crippen LogP contribution in [-0.2, 0) is 53.6 Å². The number of hydrogen-bond donors (Lipinski definition) is 2. The van der Waals surface area contributed by atoms with Gasteiger partial charge in [-0.1, -0.05) is 91.3 Å². The second kappa shape index (κ2) is 32.7. The lowest BCUT2D eigenvalue weighted by molar-refractivity contribution is -0.143. The first-order chi connectivity index (χ1) is 47.4. The van der Waals surface area contributed by atoms with Gasteiger partial charge in [0.1, 0.15) is 30.9 Å². The third-order valence-electron chi connectivity index (χ3n) is 20.0. The van der Waals surface area contributed by atoms with Crippen LogP contribution in [0.25, 0.3) is 11.1 Å². The van der Waals surface area contributed by atoms with Gasteiger partial charge in [0.05, 0.1) is 29.5 Å². The Labute approximate surface area is 574 Å². The first-order valence-corrected chi connectivity index (χ1v) is 34.3. The monoisotopic (exact) mass is 1370 g/mol. The highest BCUT2D eigenvalue weighted by Crippen LogP contribution is 2.49. The summed E-state index contributed by atoms with van der Waals surface area (Å²) < 4.78 is 116. The number of benzene rings is 6. The van der Waals surface area contributed by atoms with Crippen LogP contribution in [0.1, 0.15) is 127 Å². The Balaban J connectivity index is 0.618. The van der Waals surface area contributed by atoms with Crippen molar-refractivity contribution in [3.63, 3.8) is 0 Å². The summed E-state index contributed by atoms with van der Waals surface area (Å²) >= 11 is 0. The number of rotatable bonds is 27. The van der Waals surface area contributed by atoms with E-state index in [1.165, 1.54) is 24.3 Å². The van der Waals surface area contributed by atoms with E-state index < -0.39 is 64.6 Å². The molecule has 6 aromatic carbocycles. The number of likely N-dealkylation sites (tertiary alicyclic amines) is 2. The molecular weight excluding hydrogens is 1290 g/mol. The van der Waals surface area contributed by atoms with Crippen LogP contribution in [0.5, 0.6) is 0 Å². The second-order valence-electron chi connectivity index (χ2n) is 26.9. The Morgan fingerprint density at radius 1 is 0.677 bits per heavy atom. The average Bonchev–Trinajstić information content (AvgIpc) is 1.66. The van der Waals surface area contributed by atoms with E-state index in [-0.39, 0.29) is 61.6 Å². The summed E-state index contributed by atoms with van der Waals surface area (Å²) in [5, 5.41) is 6.37. The molecule has 2 atom stereocenters. The third kappa shape index (κ3) is 18.7. The molecule has 23 heteroatoms. The molecule has 3 saturated heterocycles. The summed E-state index contributed by atoms with van der Waals surface area (Å²) in [5.41, 5.74) is 1.20. The zero-order chi connectivity index (χ0) is 70.5. The van der Waals surface area contributed by atoms with Crippen LogP contribution in [0.3, 0.4) is 0 Å². The Morgan fingerprint density at radius 2 is 1.32 bits per heavy atom. The number of nitrogens with zero attached hydrogens (tertiary/aromatic N) is 6. The number of piperidine rings is 2. The fraction of sp³-hybridized carbons (Fsp3) is 0.461. The van der Waals surface area contributed by atoms with Crippen LogP contribution in [0, 0.1) is 5.82 Å². The van der Waals surface area contributed by atoms with E-state index in [4.69, 9.17) is 14.2 Å². The van der Waals surface area contributed by atoms with Crippen molar-refractivity contribution in [3.8, 4) is 11.1 Å². The van der Waals surface area contributed by atoms with Crippen molar-refractivity contribution in [2.75, 3.05) is 110 Å². The number of fused-ring (bicyclic) bond motifs is 2. The summed E-state index contributed by atoms with van der Waals surface area (Å²) in [6, 6.07) is 39.3. The third-order valence-corrected chi connectivity index (χ3v) is 20.0. The maximum absolute atomic E-state index is 14.3. The number of halogens is 7. The predicted molar refractivity (Wildman–Crippen MR) is 364 cm³/mol. The van der Waals surface area contributed by atoms with Gasteiger partial charge in [0.15, 0.2) is 0 Å². The minimum atomic E-state index is -5.15. The number of anilines is 2. The van der Waals surface area contributed by atoms with Gasteiger partial charge in [-0.3, -0.25) is 24.5 Å². The lowest BCUT2D eigenvalue weighted by atomic mass is 9.72. The summed E-state index contributed by atoms with van der Waals surface area (Å²) in [4.78, 5) is 78.2. The number of carbonyl (C=O) groups is 5. The van der Waals surface area contributed by atoms with Crippen molar-refractivity contribution >= 4 is 41.1 Å². The minimum absolute atomic E-state index is 0.0274. The Hall–Kier alpha value is -8.38. The molecule has 99 heavy (non-hydrogen) atoms. The number of likely N-dealkylation sites (N-methyl/N-ethyl adjacent to an activating group) is 2. The van der Waals surface area contributed by atoms with Gasteiger partial charge in [-0.25, -0.2) is 9.18 Å². The fourth-order valence-corrected chi connectivity index (χ4v) is 14.1. The van der Waals surface area contributed by atoms with Gasteiger partial charge < -0.3 is 48.9 Å². The Bertz CT molecular complexity index is 3680. The van der Waals surface area contributed by atoms with Gasteiger partial charge in [0, 0.05) is 107 Å². The molecule has 1 aliphatic carbocycles. The van der Waals surface area contributed by atoms with Crippen molar-refractivity contribution in [2.45, 2.75) is 126 Å². The Kier molecular flexibility index (Phi) is 24.3. The topological polar surface area (TPSA) is 157 Å². The van der Waals surface area contributed by atoms with Gasteiger partial charge in [-0.15, -0.1) is 0 Å². The number of nitrogens with one attached hydrogen (secondary N) is 2. The number of amides is 5. The number of hydrogen-bond acceptors (Lipinski definition) is 11. The number of alkyl halides is 6. The van der Waals surface area contributed by atoms with Gasteiger partial charge in [-0.05, 0) is 168 Å². The van der Waals surface area contributed by atoms with E-state index in [0.717, 1.165) is 84.6 Å². The summed E-state index contributed by atoms with van der Waals surface area (Å²) in [6.45, 7) is 9.25. The molecular formula is C76H89F7N8O8. The summed E-state index contributed by atoms with van der Waals surface area (Å²) in [6.07, 6.45) is -4.04. The smallest absolute Gasteiger partial charge is 0.416 e. The number of carbonyl (C=O) groups excluding carboxylic acids is 5. The van der Waals surface area contributed by atoms with Crippen LogP contribution < -0.4 is 10.6 Å². The lowest BCUT2D eigenvalue weighted by Crippen LogP contribution is -2.50. The predicted octanol–water partition coefficient (Wildman–Crippen LogP) is 13.8. The zero-order valence-electron chi connectivity index (χ0n) is 56.7. The molecule has 3 aliphatic heterocycles. The lowest BCUT2D eigenvalue weighted by Gasteiger charge is -2.44. The van der Waals surface area contributed by atoms with Crippen LogP contribution in [-0.4, -0.2) is 177 Å². The van der Waals surface area contributed by atoms with Crippen molar-refractivity contribution in [1.82, 2.24) is 29.4 Å². The van der Waals surface area contributed by atoms with Gasteiger partial charge in [0.25, 0.3) is 11.8 Å². The standard InChI is InChI=1S/C76H89F7N8O8/c1-53(2)91(71(95)55-23-29-62(30-24-55)84-36-14-6-9-22-68(92)87(4)44-45-88-39-31-63(32-40-88)99-72(96)85-66-21-13-11-19-64(66)54-16-7-5-8-17-54)38-15-37-86(3)69(93)50-97-67-48-56-18-10-12-20-65(56)73(67)33-41-89(42-34-73)43-35-74(58-25-27-61(77)28-26-58)51-90(52-98-74)70(94)57-46-59(75(78,79)80)49-60(47-57)76(81,82)83/h5,7-8,10-13,16-21,23-30,46-47,49,53,63,67,84H,6,9,14-15,22,31-45,48,50-52H2,1-4H3,(H,85,96)/t67-,74+/m0/s1. The molecule has 530 valence electrons. The first-order valence-electron chi connectivity index (χ1n) is 34.3. The van der Waals surface area contributed by atoms with Gasteiger partial charge in [-0.2, -0.15) is 26.3 Å². The summed E-state index contributed by atoms with van der Waals surface area (Å²) in [7, 11) is 3.58. The normalized spacial score (nSPS) is 18.1. The number of para-hydroxylation sites is 1. The van der Waals surface area contributed by atoms with Crippen LogP contribution in [0.15, 0.2) is 146 Å². The maximum atomic E-state index is 14.3. The highest BCUT2D eigenvalue weighted by atomic mass is 19.4. The SMILES string of the molecule is CC(C)N(CCCN(C)C(=O)CO[C@H]1Cc2ccccc2C12CCN(CC[C@]1(c3ccc(F)cc3)CN(C(=O)c3cc(C(F)(F)F)cc(C(F)(F)F)c3)CO1)CC2)C(=O)c1ccc(NCCCCCC(=O)N(C)CCN2CCC(OC(=O)Nc3ccccc3-c3ccccc3)CC2)cc1. The van der Waals surface area contributed by atoms with Crippen LogP contribution >= 0.6 is 0 Å². The molecule has 3 fully saturated rings. The van der Waals surface area contributed by atoms with E-state index in [1.54, 1.807) is 21.7 Å². The van der Waals surface area contributed by atoms with Crippen molar-refractivity contribution in [2.24, 2.45) is 0 Å². The van der Waals surface area contributed by atoms with Gasteiger partial charge >= 0.3 is 18.4 Å². The van der Waals surface area contributed by atoms with E-state index in [2.05, 4.69) is 32.6 Å². The molecule has 3 heterocycles. The summed E-state index contributed by atoms with van der Waals surface area (Å²) in [5.74, 6) is -1.79. The zero-order valence-corrected chi connectivity index (χ0v) is 56.7. The number of ether oxygens (including phenoxy) is 3. The molecule has 0 radical (unpaired) electrons. The number of unbranched alkanes of at least 4 members (excludes halogenated alkanes) is 2. The molecule has 0 bridgehead atoms. The molecule has 4 aliphatic rings. The maximum Gasteiger partial charge on any atom is 0.416 e. The molecule has 2 N–H and O–H groups in total.